The lowest BCUT2D eigenvalue weighted by Gasteiger charge is -2.18. The van der Waals surface area contributed by atoms with Crippen LogP contribution in [0, 0.1) is 0 Å². The molecule has 0 aromatic heterocycles. The first-order chi connectivity index (χ1) is 10.8. The number of hydrogen-bond acceptors (Lipinski definition) is 0. The van der Waals surface area contributed by atoms with Crippen molar-refractivity contribution in [3.8, 4) is 11.1 Å². The van der Waals surface area contributed by atoms with Crippen LogP contribution in [-0.2, 0) is 12.8 Å². The molecular weight excluding hydrogens is 264 g/mol. The molecule has 0 nitrogen and oxygen atoms in total. The molecule has 0 heterocycles. The Morgan fingerprint density at radius 2 is 1.32 bits per heavy atom. The Morgan fingerprint density at radius 3 is 2.05 bits per heavy atom. The molecule has 3 rings (SSSR count). The molecule has 0 spiro atoms. The quantitative estimate of drug-likeness (QED) is 0.508. The summed E-state index contributed by atoms with van der Waals surface area (Å²) < 4.78 is 0. The van der Waals surface area contributed by atoms with Crippen LogP contribution in [0.2, 0.25) is 0 Å². The van der Waals surface area contributed by atoms with E-state index < -0.39 is 0 Å². The van der Waals surface area contributed by atoms with Crippen LogP contribution in [0.3, 0.4) is 0 Å². The monoisotopic (exact) mass is 288 g/mol. The van der Waals surface area contributed by atoms with E-state index in [1.165, 1.54) is 34.7 Å². The molecule has 3 aromatic carbocycles. The molecule has 0 aliphatic heterocycles. The molecule has 0 heteroatoms. The Kier molecular flexibility index (Phi) is 4.58. The Labute approximate surface area is 133 Å². The summed E-state index contributed by atoms with van der Waals surface area (Å²) >= 11 is 0. The van der Waals surface area contributed by atoms with Crippen LogP contribution in [0.15, 0.2) is 60.7 Å². The highest BCUT2D eigenvalue weighted by Crippen LogP contribution is 2.34. The first kappa shape index (κ1) is 14.8. The van der Waals surface area contributed by atoms with Crippen LogP contribution in [0.1, 0.15) is 37.8 Å². The Balaban J connectivity index is 2.32. The topological polar surface area (TPSA) is 0 Å². The van der Waals surface area contributed by atoms with E-state index in [1.54, 1.807) is 11.1 Å². The third kappa shape index (κ3) is 2.78. The predicted molar refractivity (Wildman–Crippen MR) is 97.4 cm³/mol. The van der Waals surface area contributed by atoms with Gasteiger partial charge in [-0.1, -0.05) is 81.3 Å². The van der Waals surface area contributed by atoms with Crippen molar-refractivity contribution in [3.05, 3.63) is 71.8 Å². The first-order valence-corrected chi connectivity index (χ1v) is 8.44. The second kappa shape index (κ2) is 6.79. The van der Waals surface area contributed by atoms with Crippen molar-refractivity contribution in [1.82, 2.24) is 0 Å². The van der Waals surface area contributed by atoms with E-state index in [4.69, 9.17) is 0 Å². The third-order valence-electron chi connectivity index (χ3n) is 4.36. The van der Waals surface area contributed by atoms with Crippen molar-refractivity contribution in [3.63, 3.8) is 0 Å². The van der Waals surface area contributed by atoms with Crippen LogP contribution in [0.5, 0.6) is 0 Å². The van der Waals surface area contributed by atoms with Crippen molar-refractivity contribution in [2.24, 2.45) is 0 Å². The maximum Gasteiger partial charge on any atom is -0.0143 e. The van der Waals surface area contributed by atoms with Crippen LogP contribution in [0.4, 0.5) is 0 Å². The Bertz CT molecular complexity index is 754. The summed E-state index contributed by atoms with van der Waals surface area (Å²) in [5, 5.41) is 2.80. The molecule has 0 radical (unpaired) electrons. The maximum absolute atomic E-state index is 2.38. The van der Waals surface area contributed by atoms with Gasteiger partial charge in [0.1, 0.15) is 0 Å². The van der Waals surface area contributed by atoms with Gasteiger partial charge in [-0.15, -0.1) is 0 Å². The Hall–Kier alpha value is -2.08. The summed E-state index contributed by atoms with van der Waals surface area (Å²) in [6.07, 6.45) is 4.70. The van der Waals surface area contributed by atoms with Crippen molar-refractivity contribution in [1.29, 1.82) is 0 Å². The normalized spacial score (nSPS) is 11.0. The second-order valence-electron chi connectivity index (χ2n) is 5.97. The van der Waals surface area contributed by atoms with Crippen LogP contribution in [-0.4, -0.2) is 0 Å². The van der Waals surface area contributed by atoms with Gasteiger partial charge >= 0.3 is 0 Å². The van der Waals surface area contributed by atoms with E-state index in [-0.39, 0.29) is 0 Å². The van der Waals surface area contributed by atoms with Crippen molar-refractivity contribution < 1.29 is 0 Å². The van der Waals surface area contributed by atoms with Gasteiger partial charge in [-0.05, 0) is 51.9 Å². The summed E-state index contributed by atoms with van der Waals surface area (Å²) in [5.74, 6) is 0. The summed E-state index contributed by atoms with van der Waals surface area (Å²) in [6.45, 7) is 4.55. The van der Waals surface area contributed by atoms with Gasteiger partial charge in [0.2, 0.25) is 0 Å². The molecule has 0 atom stereocenters. The molecule has 0 unspecified atom stereocenters. The van der Waals surface area contributed by atoms with E-state index in [0.29, 0.717) is 0 Å². The molecule has 22 heavy (non-hydrogen) atoms. The minimum Gasteiger partial charge on any atom is -0.0651 e. The SMILES string of the molecule is CCCc1c(-c2ccccc2)cc2ccccc2c1CCC. The van der Waals surface area contributed by atoms with Gasteiger partial charge in [-0.25, -0.2) is 0 Å². The molecular formula is C22H24. The number of fused-ring (bicyclic) bond motifs is 1. The minimum atomic E-state index is 1.16. The first-order valence-electron chi connectivity index (χ1n) is 8.44. The highest BCUT2D eigenvalue weighted by molar-refractivity contribution is 5.92. The highest BCUT2D eigenvalue weighted by atomic mass is 14.2. The maximum atomic E-state index is 2.38. The largest absolute Gasteiger partial charge is 0.0651 e. The summed E-state index contributed by atoms with van der Waals surface area (Å²) in [5.41, 5.74) is 5.87. The predicted octanol–water partition coefficient (Wildman–Crippen LogP) is 6.41. The van der Waals surface area contributed by atoms with Crippen LogP contribution in [0.25, 0.3) is 21.9 Å². The zero-order valence-electron chi connectivity index (χ0n) is 13.6. The van der Waals surface area contributed by atoms with Gasteiger partial charge in [-0.3, -0.25) is 0 Å². The molecule has 0 aliphatic rings. The van der Waals surface area contributed by atoms with Gasteiger partial charge in [0.15, 0.2) is 0 Å². The average Bonchev–Trinajstić information content (AvgIpc) is 2.57. The lowest BCUT2D eigenvalue weighted by Crippen LogP contribution is -1.99. The minimum absolute atomic E-state index is 1.16. The fraction of sp³-hybridized carbons (Fsp3) is 0.273. The molecule has 112 valence electrons. The fourth-order valence-electron chi connectivity index (χ4n) is 3.41. The third-order valence-corrected chi connectivity index (χ3v) is 4.36. The smallest absolute Gasteiger partial charge is 0.0143 e. The second-order valence-corrected chi connectivity index (χ2v) is 5.97. The van der Waals surface area contributed by atoms with Crippen molar-refractivity contribution >= 4 is 10.8 Å². The zero-order valence-corrected chi connectivity index (χ0v) is 13.6. The van der Waals surface area contributed by atoms with Gasteiger partial charge in [0.25, 0.3) is 0 Å². The molecule has 0 amide bonds. The Morgan fingerprint density at radius 1 is 0.682 bits per heavy atom. The van der Waals surface area contributed by atoms with Gasteiger partial charge in [-0.2, -0.15) is 0 Å². The summed E-state index contributed by atoms with van der Waals surface area (Å²) in [7, 11) is 0. The van der Waals surface area contributed by atoms with E-state index in [0.717, 1.165) is 12.8 Å². The molecule has 0 bridgehead atoms. The molecule has 0 saturated carbocycles. The van der Waals surface area contributed by atoms with Gasteiger partial charge in [0, 0.05) is 0 Å². The lowest BCUT2D eigenvalue weighted by atomic mass is 9.86. The number of hydrogen-bond donors (Lipinski definition) is 0. The molecule has 0 saturated heterocycles. The fourth-order valence-corrected chi connectivity index (χ4v) is 3.41. The van der Waals surface area contributed by atoms with Gasteiger partial charge in [0.05, 0.1) is 0 Å². The molecule has 0 aliphatic carbocycles. The molecule has 0 fully saturated rings. The van der Waals surface area contributed by atoms with Crippen LogP contribution >= 0.6 is 0 Å². The number of rotatable bonds is 5. The van der Waals surface area contributed by atoms with E-state index in [1.807, 2.05) is 0 Å². The average molecular weight is 288 g/mol. The summed E-state index contributed by atoms with van der Waals surface area (Å²) in [6, 6.07) is 22.1. The van der Waals surface area contributed by atoms with Gasteiger partial charge < -0.3 is 0 Å². The number of aryl methyl sites for hydroxylation is 1. The van der Waals surface area contributed by atoms with E-state index >= 15 is 0 Å². The molecule has 3 aromatic rings. The lowest BCUT2D eigenvalue weighted by molar-refractivity contribution is 0.869. The van der Waals surface area contributed by atoms with Crippen LogP contribution < -0.4 is 0 Å². The van der Waals surface area contributed by atoms with E-state index in [2.05, 4.69) is 74.5 Å². The van der Waals surface area contributed by atoms with E-state index in [9.17, 15) is 0 Å². The standard InChI is InChI=1S/C22H24/c1-3-10-20-19-15-9-8-14-18(19)16-22(21(20)11-4-2)17-12-6-5-7-13-17/h5-9,12-16H,3-4,10-11H2,1-2H3. The summed E-state index contributed by atoms with van der Waals surface area (Å²) in [4.78, 5) is 0. The number of benzene rings is 3. The highest BCUT2D eigenvalue weighted by Gasteiger charge is 2.13. The van der Waals surface area contributed by atoms with Crippen molar-refractivity contribution in [2.75, 3.05) is 0 Å². The zero-order chi connectivity index (χ0) is 15.4. The molecule has 0 N–H and O–H groups in total. The van der Waals surface area contributed by atoms with Crippen molar-refractivity contribution in [2.45, 2.75) is 39.5 Å².